The highest BCUT2D eigenvalue weighted by molar-refractivity contribution is 6.21. The van der Waals surface area contributed by atoms with Gasteiger partial charge in [0.05, 0.1) is 11.1 Å². The van der Waals surface area contributed by atoms with Crippen molar-refractivity contribution in [2.24, 2.45) is 0 Å². The monoisotopic (exact) mass is 388 g/mol. The van der Waals surface area contributed by atoms with Gasteiger partial charge >= 0.3 is 6.03 Å². The molecule has 28 heavy (non-hydrogen) atoms. The van der Waals surface area contributed by atoms with E-state index >= 15 is 0 Å². The van der Waals surface area contributed by atoms with Gasteiger partial charge in [-0.15, -0.1) is 0 Å². The van der Waals surface area contributed by atoms with Crippen LogP contribution in [0, 0.1) is 0 Å². The zero-order valence-corrected chi connectivity index (χ0v) is 16.1. The van der Waals surface area contributed by atoms with Crippen LogP contribution in [0.25, 0.3) is 0 Å². The number of carbonyl (C=O) groups is 4. The fourth-order valence-electron chi connectivity index (χ4n) is 3.37. The first kappa shape index (κ1) is 19.8. The van der Waals surface area contributed by atoms with Crippen LogP contribution in [-0.2, 0) is 9.53 Å². The molecule has 0 aromatic heterocycles. The number of hydrogen-bond acceptors (Lipinski definition) is 5. The minimum atomic E-state index is -0.359. The Bertz CT molecular complexity index is 802. The highest BCUT2D eigenvalue weighted by Gasteiger charge is 2.35. The van der Waals surface area contributed by atoms with Gasteiger partial charge in [-0.25, -0.2) is 4.79 Å². The second kappa shape index (κ2) is 8.39. The van der Waals surface area contributed by atoms with Crippen LogP contribution in [0.2, 0.25) is 0 Å². The van der Waals surface area contributed by atoms with E-state index in [0.29, 0.717) is 62.6 Å². The Morgan fingerprint density at radius 2 is 1.68 bits per heavy atom. The number of fused-ring (bicyclic) bond motifs is 1. The molecule has 0 bridgehead atoms. The minimum absolute atomic E-state index is 0.00286. The summed E-state index contributed by atoms with van der Waals surface area (Å²) in [5, 5.41) is 2.77. The maximum atomic E-state index is 12.5. The third-order valence-corrected chi connectivity index (χ3v) is 4.96. The Hall–Kier alpha value is -2.94. The topological polar surface area (TPSA) is 99.3 Å². The van der Waals surface area contributed by atoms with Crippen molar-refractivity contribution in [2.45, 2.75) is 13.3 Å². The van der Waals surface area contributed by atoms with Gasteiger partial charge in [0.25, 0.3) is 11.8 Å². The summed E-state index contributed by atoms with van der Waals surface area (Å²) in [7, 11) is 1.57. The number of urea groups is 1. The number of methoxy groups -OCH3 is 1. The number of amides is 5. The van der Waals surface area contributed by atoms with E-state index in [9.17, 15) is 19.2 Å². The number of nitrogens with one attached hydrogen (secondary N) is 1. The largest absolute Gasteiger partial charge is 0.385 e. The maximum absolute atomic E-state index is 12.5. The molecular weight excluding hydrogens is 364 g/mol. The Labute approximate surface area is 163 Å². The number of benzene rings is 1. The van der Waals surface area contributed by atoms with E-state index in [1.807, 2.05) is 0 Å². The van der Waals surface area contributed by atoms with Gasteiger partial charge in [-0.3, -0.25) is 19.3 Å². The molecule has 0 atom stereocenters. The van der Waals surface area contributed by atoms with Crippen LogP contribution in [0.5, 0.6) is 0 Å². The van der Waals surface area contributed by atoms with Crippen LogP contribution in [0.1, 0.15) is 34.1 Å². The SMILES string of the molecule is COCCCN1C(=O)c2ccc(NC(=O)N3CCN(C(C)=O)CC3)cc2C1=O. The molecule has 2 aliphatic rings. The molecule has 150 valence electrons. The van der Waals surface area contributed by atoms with Crippen molar-refractivity contribution in [1.82, 2.24) is 14.7 Å². The summed E-state index contributed by atoms with van der Waals surface area (Å²) in [5.41, 5.74) is 1.09. The molecule has 0 radical (unpaired) electrons. The number of rotatable bonds is 5. The van der Waals surface area contributed by atoms with E-state index in [2.05, 4.69) is 5.32 Å². The molecule has 2 aliphatic heterocycles. The predicted molar refractivity (Wildman–Crippen MR) is 101 cm³/mol. The average Bonchev–Trinajstić information content (AvgIpc) is 2.92. The number of carbonyl (C=O) groups excluding carboxylic acids is 4. The van der Waals surface area contributed by atoms with Gasteiger partial charge in [0, 0.05) is 59.1 Å². The summed E-state index contributed by atoms with van der Waals surface area (Å²) >= 11 is 0. The minimum Gasteiger partial charge on any atom is -0.385 e. The molecule has 3 rings (SSSR count). The number of hydrogen-bond donors (Lipinski definition) is 1. The van der Waals surface area contributed by atoms with Crippen LogP contribution in [0.4, 0.5) is 10.5 Å². The van der Waals surface area contributed by atoms with E-state index in [1.54, 1.807) is 29.0 Å². The van der Waals surface area contributed by atoms with Crippen molar-refractivity contribution in [2.75, 3.05) is 51.8 Å². The summed E-state index contributed by atoms with van der Waals surface area (Å²) in [6.45, 7) is 4.15. The molecule has 0 spiro atoms. The zero-order valence-electron chi connectivity index (χ0n) is 16.1. The Kier molecular flexibility index (Phi) is 5.93. The number of piperazine rings is 1. The van der Waals surface area contributed by atoms with Crippen LogP contribution >= 0.6 is 0 Å². The first-order chi connectivity index (χ1) is 13.4. The van der Waals surface area contributed by atoms with Crippen molar-refractivity contribution in [3.8, 4) is 0 Å². The molecular formula is C19H24N4O5. The fraction of sp³-hybridized carbons (Fsp3) is 0.474. The van der Waals surface area contributed by atoms with E-state index in [4.69, 9.17) is 4.74 Å². The molecule has 0 aliphatic carbocycles. The normalized spacial score (nSPS) is 16.4. The van der Waals surface area contributed by atoms with Gasteiger partial charge in [0.2, 0.25) is 5.91 Å². The smallest absolute Gasteiger partial charge is 0.321 e. The number of imide groups is 1. The van der Waals surface area contributed by atoms with E-state index < -0.39 is 0 Å². The molecule has 1 fully saturated rings. The Morgan fingerprint density at radius 1 is 1.04 bits per heavy atom. The second-order valence-corrected chi connectivity index (χ2v) is 6.79. The molecule has 5 amide bonds. The summed E-state index contributed by atoms with van der Waals surface area (Å²) in [6, 6.07) is 4.42. The lowest BCUT2D eigenvalue weighted by atomic mass is 10.1. The van der Waals surface area contributed by atoms with Crippen LogP contribution < -0.4 is 5.32 Å². The quantitative estimate of drug-likeness (QED) is 0.600. The lowest BCUT2D eigenvalue weighted by Gasteiger charge is -2.34. The molecule has 1 N–H and O–H groups in total. The Balaban J connectivity index is 1.64. The first-order valence-corrected chi connectivity index (χ1v) is 9.23. The standard InChI is InChI=1S/C19H24N4O5/c1-13(24)21-7-9-22(10-8-21)19(27)20-14-4-5-15-16(12-14)18(26)23(17(15)25)6-3-11-28-2/h4-5,12H,3,6-11H2,1-2H3,(H,20,27). The second-order valence-electron chi connectivity index (χ2n) is 6.79. The molecule has 0 saturated carbocycles. The van der Waals surface area contributed by atoms with Crippen LogP contribution in [-0.4, -0.2) is 84.9 Å². The van der Waals surface area contributed by atoms with Crippen LogP contribution in [0.3, 0.4) is 0 Å². The zero-order chi connectivity index (χ0) is 20.3. The highest BCUT2D eigenvalue weighted by atomic mass is 16.5. The van der Waals surface area contributed by atoms with Crippen molar-refractivity contribution < 1.29 is 23.9 Å². The van der Waals surface area contributed by atoms with Gasteiger partial charge in [-0.1, -0.05) is 0 Å². The third-order valence-electron chi connectivity index (χ3n) is 4.96. The third kappa shape index (κ3) is 3.99. The summed E-state index contributed by atoms with van der Waals surface area (Å²) in [5.74, 6) is -0.687. The molecule has 9 heteroatoms. The number of anilines is 1. The van der Waals surface area contributed by atoms with Gasteiger partial charge in [-0.2, -0.15) is 0 Å². The first-order valence-electron chi connectivity index (χ1n) is 9.23. The maximum Gasteiger partial charge on any atom is 0.321 e. The van der Waals surface area contributed by atoms with Crippen molar-refractivity contribution in [1.29, 1.82) is 0 Å². The van der Waals surface area contributed by atoms with E-state index in [0.717, 1.165) is 0 Å². The summed E-state index contributed by atoms with van der Waals surface area (Å²) in [6.07, 6.45) is 0.567. The molecule has 1 saturated heterocycles. The molecule has 1 aromatic rings. The molecule has 1 aromatic carbocycles. The van der Waals surface area contributed by atoms with E-state index in [-0.39, 0.29) is 23.8 Å². The van der Waals surface area contributed by atoms with Gasteiger partial charge in [0.15, 0.2) is 0 Å². The van der Waals surface area contributed by atoms with Gasteiger partial charge in [0.1, 0.15) is 0 Å². The number of ether oxygens (including phenoxy) is 1. The van der Waals surface area contributed by atoms with Crippen LogP contribution in [0.15, 0.2) is 18.2 Å². The summed E-state index contributed by atoms with van der Waals surface area (Å²) in [4.78, 5) is 53.3. The van der Waals surface area contributed by atoms with E-state index in [1.165, 1.54) is 17.9 Å². The molecule has 2 heterocycles. The van der Waals surface area contributed by atoms with Crippen molar-refractivity contribution in [3.05, 3.63) is 29.3 Å². The summed E-state index contributed by atoms with van der Waals surface area (Å²) < 4.78 is 4.97. The van der Waals surface area contributed by atoms with Crippen molar-refractivity contribution in [3.63, 3.8) is 0 Å². The predicted octanol–water partition coefficient (Wildman–Crippen LogP) is 1.02. The number of nitrogens with zero attached hydrogens (tertiary/aromatic N) is 3. The highest BCUT2D eigenvalue weighted by Crippen LogP contribution is 2.26. The lowest BCUT2D eigenvalue weighted by Crippen LogP contribution is -2.51. The fourth-order valence-corrected chi connectivity index (χ4v) is 3.37. The Morgan fingerprint density at radius 3 is 2.32 bits per heavy atom. The molecule has 0 unspecified atom stereocenters. The molecule has 9 nitrogen and oxygen atoms in total. The van der Waals surface area contributed by atoms with Gasteiger partial charge < -0.3 is 19.9 Å². The van der Waals surface area contributed by atoms with Gasteiger partial charge in [-0.05, 0) is 24.6 Å². The average molecular weight is 388 g/mol. The lowest BCUT2D eigenvalue weighted by molar-refractivity contribution is -0.130. The van der Waals surface area contributed by atoms with Crippen molar-refractivity contribution >= 4 is 29.4 Å².